The Morgan fingerprint density at radius 1 is 1.45 bits per heavy atom. The van der Waals surface area contributed by atoms with Crippen LogP contribution in [-0.2, 0) is 13.1 Å². The van der Waals surface area contributed by atoms with Gasteiger partial charge in [-0.15, -0.1) is 5.10 Å². The maximum Gasteiger partial charge on any atom is 0.0962 e. The molecule has 11 heavy (non-hydrogen) atoms. The molecule has 0 saturated carbocycles. The molecule has 0 saturated heterocycles. The Labute approximate surface area is 65.4 Å². The van der Waals surface area contributed by atoms with E-state index in [2.05, 4.69) is 10.3 Å². The van der Waals surface area contributed by atoms with E-state index in [-0.39, 0.29) is 0 Å². The average molecular weight is 155 g/mol. The molecule has 1 aromatic rings. The monoisotopic (exact) mass is 155 g/mol. The second-order valence-electron chi connectivity index (χ2n) is 2.32. The van der Waals surface area contributed by atoms with Gasteiger partial charge in [0.1, 0.15) is 0 Å². The molecule has 4 N–H and O–H groups in total. The van der Waals surface area contributed by atoms with Gasteiger partial charge < -0.3 is 11.5 Å². The molecule has 0 fully saturated rings. The molecule has 0 spiro atoms. The number of nitrogens with zero attached hydrogens (tertiary/aromatic N) is 3. The third-order valence-corrected chi connectivity index (χ3v) is 1.39. The maximum absolute atomic E-state index is 5.35. The van der Waals surface area contributed by atoms with Crippen LogP contribution in [0.25, 0.3) is 0 Å². The van der Waals surface area contributed by atoms with Gasteiger partial charge in [-0.05, 0) is 13.0 Å². The fraction of sp³-hybridized carbons (Fsp3) is 0.667. The zero-order valence-electron chi connectivity index (χ0n) is 6.40. The van der Waals surface area contributed by atoms with Crippen molar-refractivity contribution in [2.24, 2.45) is 11.5 Å². The topological polar surface area (TPSA) is 82.8 Å². The van der Waals surface area contributed by atoms with E-state index in [9.17, 15) is 0 Å². The second-order valence-corrected chi connectivity index (χ2v) is 2.32. The van der Waals surface area contributed by atoms with Crippen molar-refractivity contribution in [2.75, 3.05) is 6.54 Å². The van der Waals surface area contributed by atoms with Gasteiger partial charge in [-0.25, -0.2) is 0 Å². The maximum atomic E-state index is 5.35. The van der Waals surface area contributed by atoms with Gasteiger partial charge in [0.05, 0.1) is 5.69 Å². The van der Waals surface area contributed by atoms with Crippen molar-refractivity contribution in [3.63, 3.8) is 0 Å². The Hall–Kier alpha value is -0.940. The minimum Gasteiger partial charge on any atom is -0.330 e. The minimum atomic E-state index is 0.447. The number of hydrogen-bond acceptors (Lipinski definition) is 4. The van der Waals surface area contributed by atoms with E-state index in [1.165, 1.54) is 0 Å². The highest BCUT2D eigenvalue weighted by atomic mass is 15.4. The summed E-state index contributed by atoms with van der Waals surface area (Å²) in [5, 5.41) is 7.69. The summed E-state index contributed by atoms with van der Waals surface area (Å²) >= 11 is 0. The van der Waals surface area contributed by atoms with Crippen molar-refractivity contribution < 1.29 is 0 Å². The predicted octanol–water partition coefficient (Wildman–Crippen LogP) is -0.914. The molecule has 0 bridgehead atoms. The van der Waals surface area contributed by atoms with Crippen LogP contribution in [0.3, 0.4) is 0 Å². The zero-order valence-corrected chi connectivity index (χ0v) is 6.40. The molecule has 0 aromatic carbocycles. The van der Waals surface area contributed by atoms with Crippen molar-refractivity contribution in [3.8, 4) is 0 Å². The minimum absolute atomic E-state index is 0.447. The fourth-order valence-electron chi connectivity index (χ4n) is 0.795. The summed E-state index contributed by atoms with van der Waals surface area (Å²) in [6.07, 6.45) is 2.77. The molecule has 1 heterocycles. The van der Waals surface area contributed by atoms with Crippen LogP contribution in [0.2, 0.25) is 0 Å². The molecule has 0 amide bonds. The number of aromatic nitrogens is 3. The van der Waals surface area contributed by atoms with E-state index >= 15 is 0 Å². The first kappa shape index (κ1) is 8.16. The molecule has 0 atom stereocenters. The number of hydrogen-bond donors (Lipinski definition) is 2. The van der Waals surface area contributed by atoms with Gasteiger partial charge in [-0.3, -0.25) is 4.68 Å². The summed E-state index contributed by atoms with van der Waals surface area (Å²) < 4.78 is 1.76. The van der Waals surface area contributed by atoms with Crippen LogP contribution in [0, 0.1) is 0 Å². The van der Waals surface area contributed by atoms with E-state index in [4.69, 9.17) is 11.5 Å². The number of nitrogens with two attached hydrogens (primary N) is 2. The van der Waals surface area contributed by atoms with Crippen LogP contribution in [0.1, 0.15) is 12.1 Å². The van der Waals surface area contributed by atoms with Gasteiger partial charge in [0.25, 0.3) is 0 Å². The molecule has 0 aliphatic heterocycles. The molecule has 0 aliphatic carbocycles. The lowest BCUT2D eigenvalue weighted by molar-refractivity contribution is 0.564. The van der Waals surface area contributed by atoms with Crippen LogP contribution >= 0.6 is 0 Å². The highest BCUT2D eigenvalue weighted by Gasteiger charge is 1.95. The molecule has 5 heteroatoms. The third kappa shape index (κ3) is 2.28. The van der Waals surface area contributed by atoms with Crippen LogP contribution < -0.4 is 11.5 Å². The highest BCUT2D eigenvalue weighted by molar-refractivity contribution is 4.90. The Balaban J connectivity index is 2.44. The standard InChI is InChI=1S/C6H13N5/c7-2-1-3-11-5-6(4-8)9-10-11/h5H,1-4,7-8H2. The van der Waals surface area contributed by atoms with Gasteiger partial charge in [-0.1, -0.05) is 5.21 Å². The lowest BCUT2D eigenvalue weighted by Gasteiger charge is -1.94. The first-order valence-corrected chi connectivity index (χ1v) is 3.66. The molecule has 0 radical (unpaired) electrons. The molecular formula is C6H13N5. The van der Waals surface area contributed by atoms with E-state index in [0.717, 1.165) is 18.7 Å². The van der Waals surface area contributed by atoms with Crippen LogP contribution in [-0.4, -0.2) is 21.5 Å². The van der Waals surface area contributed by atoms with Crippen molar-refractivity contribution in [1.82, 2.24) is 15.0 Å². The average Bonchev–Trinajstić information content (AvgIpc) is 2.48. The zero-order chi connectivity index (χ0) is 8.10. The summed E-state index contributed by atoms with van der Waals surface area (Å²) in [6.45, 7) is 1.95. The van der Waals surface area contributed by atoms with E-state index in [1.807, 2.05) is 6.20 Å². The van der Waals surface area contributed by atoms with Crippen molar-refractivity contribution in [1.29, 1.82) is 0 Å². The van der Waals surface area contributed by atoms with Crippen LogP contribution in [0.15, 0.2) is 6.20 Å². The Morgan fingerprint density at radius 2 is 2.27 bits per heavy atom. The van der Waals surface area contributed by atoms with Crippen molar-refractivity contribution in [3.05, 3.63) is 11.9 Å². The van der Waals surface area contributed by atoms with Gasteiger partial charge in [0, 0.05) is 19.3 Å². The smallest absolute Gasteiger partial charge is 0.0962 e. The van der Waals surface area contributed by atoms with Crippen molar-refractivity contribution in [2.45, 2.75) is 19.5 Å². The largest absolute Gasteiger partial charge is 0.330 e. The summed E-state index contributed by atoms with van der Waals surface area (Å²) in [4.78, 5) is 0. The molecule has 0 aliphatic rings. The summed E-state index contributed by atoms with van der Waals surface area (Å²) in [5.41, 5.74) is 11.5. The van der Waals surface area contributed by atoms with E-state index in [1.54, 1.807) is 4.68 Å². The lowest BCUT2D eigenvalue weighted by atomic mass is 10.4. The first-order valence-electron chi connectivity index (χ1n) is 3.66. The summed E-state index contributed by atoms with van der Waals surface area (Å²) in [7, 11) is 0. The molecule has 1 aromatic heterocycles. The Morgan fingerprint density at radius 3 is 2.82 bits per heavy atom. The number of rotatable bonds is 4. The quantitative estimate of drug-likeness (QED) is 0.589. The molecule has 5 nitrogen and oxygen atoms in total. The molecule has 1 rings (SSSR count). The van der Waals surface area contributed by atoms with Gasteiger partial charge >= 0.3 is 0 Å². The molecule has 0 unspecified atom stereocenters. The van der Waals surface area contributed by atoms with Crippen LogP contribution in [0.5, 0.6) is 0 Å². The van der Waals surface area contributed by atoms with Gasteiger partial charge in [0.2, 0.25) is 0 Å². The number of aryl methyl sites for hydroxylation is 1. The second kappa shape index (κ2) is 4.05. The third-order valence-electron chi connectivity index (χ3n) is 1.39. The molecular weight excluding hydrogens is 142 g/mol. The normalized spacial score (nSPS) is 10.4. The predicted molar refractivity (Wildman–Crippen MR) is 41.6 cm³/mol. The first-order chi connectivity index (χ1) is 5.36. The fourth-order valence-corrected chi connectivity index (χ4v) is 0.795. The highest BCUT2D eigenvalue weighted by Crippen LogP contribution is 1.91. The van der Waals surface area contributed by atoms with E-state index in [0.29, 0.717) is 13.1 Å². The van der Waals surface area contributed by atoms with Gasteiger partial charge in [0.15, 0.2) is 0 Å². The lowest BCUT2D eigenvalue weighted by Crippen LogP contribution is -2.06. The summed E-state index contributed by atoms with van der Waals surface area (Å²) in [5.74, 6) is 0. The SMILES string of the molecule is NCCCn1cc(CN)nn1. The Bertz CT molecular complexity index is 206. The van der Waals surface area contributed by atoms with E-state index < -0.39 is 0 Å². The summed E-state index contributed by atoms with van der Waals surface area (Å²) in [6, 6.07) is 0. The Kier molecular flexibility index (Phi) is 3.00. The molecule has 62 valence electrons. The van der Waals surface area contributed by atoms with Crippen LogP contribution in [0.4, 0.5) is 0 Å². The van der Waals surface area contributed by atoms with Crippen molar-refractivity contribution >= 4 is 0 Å². The van der Waals surface area contributed by atoms with Gasteiger partial charge in [-0.2, -0.15) is 0 Å².